The van der Waals surface area contributed by atoms with Crippen LogP contribution in [0.25, 0.3) is 0 Å². The first-order valence-corrected chi connectivity index (χ1v) is 6.70. The van der Waals surface area contributed by atoms with Crippen molar-refractivity contribution in [1.82, 2.24) is 0 Å². The van der Waals surface area contributed by atoms with Crippen LogP contribution in [0.5, 0.6) is 0 Å². The molecule has 1 saturated heterocycles. The summed E-state index contributed by atoms with van der Waals surface area (Å²) in [6.07, 6.45) is 6.89. The normalized spacial score (nSPS) is 19.0. The SMILES string of the molecule is O=C(O)CCCCCC#CCOC1CCCCO1. The van der Waals surface area contributed by atoms with Crippen molar-refractivity contribution in [2.24, 2.45) is 0 Å². The molecule has 1 N–H and O–H groups in total. The van der Waals surface area contributed by atoms with Gasteiger partial charge in [-0.1, -0.05) is 12.3 Å². The summed E-state index contributed by atoms with van der Waals surface area (Å²) in [6, 6.07) is 0. The van der Waals surface area contributed by atoms with Crippen LogP contribution in [0.15, 0.2) is 0 Å². The second-order valence-corrected chi connectivity index (χ2v) is 4.42. The number of carboxylic acid groups (broad SMARTS) is 1. The van der Waals surface area contributed by atoms with Crippen LogP contribution >= 0.6 is 0 Å². The van der Waals surface area contributed by atoms with E-state index in [9.17, 15) is 4.79 Å². The van der Waals surface area contributed by atoms with Gasteiger partial charge < -0.3 is 14.6 Å². The summed E-state index contributed by atoms with van der Waals surface area (Å²) < 4.78 is 10.9. The van der Waals surface area contributed by atoms with Gasteiger partial charge in [-0.2, -0.15) is 0 Å². The summed E-state index contributed by atoms with van der Waals surface area (Å²) in [5.74, 6) is 5.28. The number of hydrogen-bond acceptors (Lipinski definition) is 3. The number of carboxylic acids is 1. The molecule has 4 heteroatoms. The minimum absolute atomic E-state index is 0.0661. The van der Waals surface area contributed by atoms with Crippen LogP contribution in [0.4, 0.5) is 0 Å². The number of aliphatic carboxylic acids is 1. The van der Waals surface area contributed by atoms with Gasteiger partial charge in [0, 0.05) is 19.4 Å². The quantitative estimate of drug-likeness (QED) is 0.560. The van der Waals surface area contributed by atoms with E-state index >= 15 is 0 Å². The zero-order chi connectivity index (χ0) is 13.1. The lowest BCUT2D eigenvalue weighted by atomic mass is 10.1. The van der Waals surface area contributed by atoms with Crippen molar-refractivity contribution in [3.05, 3.63) is 0 Å². The molecule has 0 amide bonds. The molecular weight excluding hydrogens is 232 g/mol. The van der Waals surface area contributed by atoms with Crippen molar-refractivity contribution in [3.63, 3.8) is 0 Å². The van der Waals surface area contributed by atoms with Crippen LogP contribution in [-0.4, -0.2) is 30.6 Å². The molecule has 1 aliphatic rings. The largest absolute Gasteiger partial charge is 0.481 e. The smallest absolute Gasteiger partial charge is 0.303 e. The van der Waals surface area contributed by atoms with Gasteiger partial charge in [0.25, 0.3) is 0 Å². The molecule has 0 saturated carbocycles. The molecule has 0 aromatic heterocycles. The lowest BCUT2D eigenvalue weighted by Gasteiger charge is -2.21. The molecule has 1 rings (SSSR count). The molecule has 0 aliphatic carbocycles. The van der Waals surface area contributed by atoms with E-state index in [1.54, 1.807) is 0 Å². The third kappa shape index (κ3) is 8.10. The number of unbranched alkanes of at least 4 members (excludes halogenated alkanes) is 3. The van der Waals surface area contributed by atoms with Crippen LogP contribution in [-0.2, 0) is 14.3 Å². The van der Waals surface area contributed by atoms with Gasteiger partial charge >= 0.3 is 5.97 Å². The maximum absolute atomic E-state index is 10.3. The predicted molar refractivity (Wildman–Crippen MR) is 68.0 cm³/mol. The van der Waals surface area contributed by atoms with Gasteiger partial charge in [-0.15, -0.1) is 5.92 Å². The molecule has 1 fully saturated rings. The Hall–Kier alpha value is -1.05. The Bertz CT molecular complexity index is 284. The Morgan fingerprint density at radius 2 is 2.17 bits per heavy atom. The van der Waals surface area contributed by atoms with Gasteiger partial charge in [-0.05, 0) is 32.1 Å². The van der Waals surface area contributed by atoms with E-state index in [-0.39, 0.29) is 12.7 Å². The first-order chi connectivity index (χ1) is 8.79. The first kappa shape index (κ1) is 15.0. The zero-order valence-electron chi connectivity index (χ0n) is 10.8. The molecule has 0 aromatic carbocycles. The fourth-order valence-corrected chi connectivity index (χ4v) is 1.78. The van der Waals surface area contributed by atoms with Crippen LogP contribution in [0.3, 0.4) is 0 Å². The maximum atomic E-state index is 10.3. The van der Waals surface area contributed by atoms with E-state index in [4.69, 9.17) is 14.6 Å². The molecule has 1 heterocycles. The maximum Gasteiger partial charge on any atom is 0.303 e. The molecule has 1 aliphatic heterocycles. The highest BCUT2D eigenvalue weighted by atomic mass is 16.7. The highest BCUT2D eigenvalue weighted by Gasteiger charge is 2.12. The molecule has 0 bridgehead atoms. The van der Waals surface area contributed by atoms with Crippen molar-refractivity contribution in [1.29, 1.82) is 0 Å². The third-order valence-corrected chi connectivity index (χ3v) is 2.80. The van der Waals surface area contributed by atoms with E-state index in [1.165, 1.54) is 6.42 Å². The topological polar surface area (TPSA) is 55.8 Å². The summed E-state index contributed by atoms with van der Waals surface area (Å²) >= 11 is 0. The molecule has 1 atom stereocenters. The van der Waals surface area contributed by atoms with Crippen LogP contribution in [0, 0.1) is 11.8 Å². The highest BCUT2D eigenvalue weighted by Crippen LogP contribution is 2.13. The Morgan fingerprint density at radius 1 is 1.28 bits per heavy atom. The van der Waals surface area contributed by atoms with Gasteiger partial charge in [-0.3, -0.25) is 4.79 Å². The minimum Gasteiger partial charge on any atom is -0.481 e. The highest BCUT2D eigenvalue weighted by molar-refractivity contribution is 5.66. The summed E-state index contributed by atoms with van der Waals surface area (Å²) in [5.41, 5.74) is 0. The summed E-state index contributed by atoms with van der Waals surface area (Å²) in [6.45, 7) is 1.22. The number of carbonyl (C=O) groups is 1. The molecule has 102 valence electrons. The molecule has 0 radical (unpaired) electrons. The standard InChI is InChI=1S/C14H22O4/c15-13(16)9-5-3-1-2-4-7-11-17-14-10-6-8-12-18-14/h14H,1-3,5-6,8-12H2,(H,15,16). The predicted octanol–water partition coefficient (Wildman–Crippen LogP) is 2.57. The van der Waals surface area contributed by atoms with Gasteiger partial charge in [0.2, 0.25) is 0 Å². The van der Waals surface area contributed by atoms with Crippen LogP contribution < -0.4 is 0 Å². The fourth-order valence-electron chi connectivity index (χ4n) is 1.78. The number of ether oxygens (including phenoxy) is 2. The molecule has 18 heavy (non-hydrogen) atoms. The van der Waals surface area contributed by atoms with E-state index in [0.717, 1.165) is 45.1 Å². The molecule has 0 aromatic rings. The first-order valence-electron chi connectivity index (χ1n) is 6.70. The van der Waals surface area contributed by atoms with E-state index in [2.05, 4.69) is 11.8 Å². The Morgan fingerprint density at radius 3 is 2.89 bits per heavy atom. The monoisotopic (exact) mass is 254 g/mol. The van der Waals surface area contributed by atoms with Gasteiger partial charge in [0.15, 0.2) is 6.29 Å². The van der Waals surface area contributed by atoms with Gasteiger partial charge in [-0.25, -0.2) is 0 Å². The Labute approximate surface area is 109 Å². The molecular formula is C14H22O4. The van der Waals surface area contributed by atoms with Crippen molar-refractivity contribution in [2.75, 3.05) is 13.2 Å². The summed E-state index contributed by atoms with van der Waals surface area (Å²) in [5, 5.41) is 8.45. The number of rotatable bonds is 7. The summed E-state index contributed by atoms with van der Waals surface area (Å²) in [7, 11) is 0. The molecule has 1 unspecified atom stereocenters. The Balaban J connectivity index is 1.89. The number of hydrogen-bond donors (Lipinski definition) is 1. The van der Waals surface area contributed by atoms with Crippen LogP contribution in [0.1, 0.15) is 51.4 Å². The van der Waals surface area contributed by atoms with E-state index < -0.39 is 5.97 Å². The third-order valence-electron chi connectivity index (χ3n) is 2.80. The van der Waals surface area contributed by atoms with Crippen molar-refractivity contribution in [2.45, 2.75) is 57.7 Å². The second kappa shape index (κ2) is 9.93. The summed E-state index contributed by atoms with van der Waals surface area (Å²) in [4.78, 5) is 10.3. The zero-order valence-corrected chi connectivity index (χ0v) is 10.8. The average Bonchev–Trinajstić information content (AvgIpc) is 2.37. The van der Waals surface area contributed by atoms with Gasteiger partial charge in [0.1, 0.15) is 6.61 Å². The molecule has 0 spiro atoms. The fraction of sp³-hybridized carbons (Fsp3) is 0.786. The van der Waals surface area contributed by atoms with E-state index in [1.807, 2.05) is 0 Å². The lowest BCUT2D eigenvalue weighted by molar-refractivity contribution is -0.154. The second-order valence-electron chi connectivity index (χ2n) is 4.42. The minimum atomic E-state index is -0.720. The van der Waals surface area contributed by atoms with Crippen LogP contribution in [0.2, 0.25) is 0 Å². The van der Waals surface area contributed by atoms with Crippen molar-refractivity contribution >= 4 is 5.97 Å². The lowest BCUT2D eigenvalue weighted by Crippen LogP contribution is -2.22. The molecule has 4 nitrogen and oxygen atoms in total. The van der Waals surface area contributed by atoms with Crippen molar-refractivity contribution in [3.8, 4) is 11.8 Å². The van der Waals surface area contributed by atoms with E-state index in [0.29, 0.717) is 6.61 Å². The Kier molecular flexibility index (Phi) is 8.28. The average molecular weight is 254 g/mol. The van der Waals surface area contributed by atoms with Gasteiger partial charge in [0.05, 0.1) is 0 Å². The van der Waals surface area contributed by atoms with Crippen molar-refractivity contribution < 1.29 is 19.4 Å².